The Labute approximate surface area is 191 Å². The lowest BCUT2D eigenvalue weighted by Crippen LogP contribution is -2.41. The van der Waals surface area contributed by atoms with Gasteiger partial charge in [0, 0.05) is 39.2 Å². The summed E-state index contributed by atoms with van der Waals surface area (Å²) in [6.45, 7) is 7.40. The number of nitrogens with one attached hydrogen (secondary N) is 2. The molecule has 1 atom stereocenters. The van der Waals surface area contributed by atoms with Crippen LogP contribution >= 0.6 is 24.0 Å². The molecule has 8 heteroatoms. The predicted octanol–water partition coefficient (Wildman–Crippen LogP) is 1.91. The van der Waals surface area contributed by atoms with Gasteiger partial charge < -0.3 is 25.0 Å². The van der Waals surface area contributed by atoms with E-state index in [4.69, 9.17) is 9.47 Å². The maximum absolute atomic E-state index is 12.1. The highest BCUT2D eigenvalue weighted by Gasteiger charge is 2.25. The highest BCUT2D eigenvalue weighted by molar-refractivity contribution is 14.0. The number of carbonyl (C=O) groups excluding carboxylic acids is 1. The highest BCUT2D eigenvalue weighted by Crippen LogP contribution is 2.16. The molecule has 1 heterocycles. The van der Waals surface area contributed by atoms with Gasteiger partial charge in [-0.3, -0.25) is 4.79 Å². The number of rotatable bonds is 11. The third kappa shape index (κ3) is 10.3. The molecule has 0 radical (unpaired) electrons. The number of likely N-dealkylation sites (tertiary alicyclic amines) is 1. The average Bonchev–Trinajstić information content (AvgIpc) is 3.18. The van der Waals surface area contributed by atoms with Crippen LogP contribution < -0.4 is 10.6 Å². The molecule has 0 bridgehead atoms. The van der Waals surface area contributed by atoms with Crippen LogP contribution in [-0.2, 0) is 20.7 Å². The van der Waals surface area contributed by atoms with Crippen molar-refractivity contribution < 1.29 is 14.3 Å². The van der Waals surface area contributed by atoms with Gasteiger partial charge in [-0.2, -0.15) is 0 Å². The summed E-state index contributed by atoms with van der Waals surface area (Å²) in [7, 11) is 1.68. The number of nitrogens with zero attached hydrogens (tertiary/aromatic N) is 2. The number of halogens is 1. The molecule has 0 aliphatic carbocycles. The average molecular weight is 518 g/mol. The minimum absolute atomic E-state index is 0. The zero-order valence-electron chi connectivity index (χ0n) is 17.6. The fourth-order valence-corrected chi connectivity index (χ4v) is 3.17. The first-order valence-corrected chi connectivity index (χ1v) is 10.1. The van der Waals surface area contributed by atoms with E-state index in [0.717, 1.165) is 45.0 Å². The number of benzene rings is 1. The minimum Gasteiger partial charge on any atom is -0.382 e. The number of hydrogen-bond acceptors (Lipinski definition) is 4. The molecule has 1 saturated heterocycles. The zero-order valence-corrected chi connectivity index (χ0v) is 19.9. The predicted molar refractivity (Wildman–Crippen MR) is 127 cm³/mol. The number of hydrogen-bond donors (Lipinski definition) is 2. The molecule has 0 spiro atoms. The monoisotopic (exact) mass is 518 g/mol. The molecule has 29 heavy (non-hydrogen) atoms. The molecule has 1 fully saturated rings. The van der Waals surface area contributed by atoms with Crippen LogP contribution in [0.3, 0.4) is 0 Å². The van der Waals surface area contributed by atoms with E-state index in [2.05, 4.69) is 32.7 Å². The van der Waals surface area contributed by atoms with Gasteiger partial charge in [-0.25, -0.2) is 4.99 Å². The molecule has 1 aliphatic rings. The number of carbonyl (C=O) groups is 1. The van der Waals surface area contributed by atoms with Gasteiger partial charge in [0.05, 0.1) is 19.8 Å². The van der Waals surface area contributed by atoms with Gasteiger partial charge in [-0.15, -0.1) is 24.0 Å². The molecule has 164 valence electrons. The van der Waals surface area contributed by atoms with E-state index in [1.165, 1.54) is 5.56 Å². The molecule has 1 aliphatic heterocycles. The van der Waals surface area contributed by atoms with Crippen molar-refractivity contribution in [3.8, 4) is 0 Å². The van der Waals surface area contributed by atoms with E-state index in [9.17, 15) is 4.79 Å². The molecule has 2 N–H and O–H groups in total. The SMILES string of the molecule is CCNC(=NCC(=O)NCCc1ccccc1)N1CCC(COCCOC)C1.I. The Morgan fingerprint density at radius 2 is 2.03 bits per heavy atom. The largest absolute Gasteiger partial charge is 0.382 e. The lowest BCUT2D eigenvalue weighted by atomic mass is 10.1. The molecule has 2 rings (SSSR count). The number of aliphatic imine (C=N–C) groups is 1. The second kappa shape index (κ2) is 15.4. The van der Waals surface area contributed by atoms with Crippen molar-refractivity contribution in [2.24, 2.45) is 10.9 Å². The first-order valence-electron chi connectivity index (χ1n) is 10.1. The Morgan fingerprint density at radius 3 is 2.76 bits per heavy atom. The molecule has 1 unspecified atom stereocenters. The Hall–Kier alpha value is -1.39. The maximum atomic E-state index is 12.1. The highest BCUT2D eigenvalue weighted by atomic mass is 127. The van der Waals surface area contributed by atoms with Crippen LogP contribution in [0.4, 0.5) is 0 Å². The van der Waals surface area contributed by atoms with Crippen molar-refractivity contribution in [2.45, 2.75) is 19.8 Å². The zero-order chi connectivity index (χ0) is 20.0. The lowest BCUT2D eigenvalue weighted by molar-refractivity contribution is -0.119. The van der Waals surface area contributed by atoms with Crippen LogP contribution in [0, 0.1) is 5.92 Å². The van der Waals surface area contributed by atoms with Crippen LogP contribution in [0.15, 0.2) is 35.3 Å². The van der Waals surface area contributed by atoms with E-state index in [1.807, 2.05) is 25.1 Å². The third-order valence-electron chi connectivity index (χ3n) is 4.66. The van der Waals surface area contributed by atoms with Crippen molar-refractivity contribution in [1.82, 2.24) is 15.5 Å². The van der Waals surface area contributed by atoms with Crippen molar-refractivity contribution in [1.29, 1.82) is 0 Å². The van der Waals surface area contributed by atoms with Crippen LogP contribution in [0.5, 0.6) is 0 Å². The fourth-order valence-electron chi connectivity index (χ4n) is 3.17. The summed E-state index contributed by atoms with van der Waals surface area (Å²) in [5.74, 6) is 1.24. The Bertz CT molecular complexity index is 601. The normalized spacial score (nSPS) is 16.4. The van der Waals surface area contributed by atoms with Crippen molar-refractivity contribution in [3.63, 3.8) is 0 Å². The smallest absolute Gasteiger partial charge is 0.241 e. The topological polar surface area (TPSA) is 75.2 Å². The second-order valence-corrected chi connectivity index (χ2v) is 6.92. The van der Waals surface area contributed by atoms with Crippen molar-refractivity contribution >= 4 is 35.8 Å². The number of ether oxygens (including phenoxy) is 2. The van der Waals surface area contributed by atoms with Crippen LogP contribution in [0.1, 0.15) is 18.9 Å². The molecule has 1 aromatic rings. The van der Waals surface area contributed by atoms with Gasteiger partial charge in [-0.1, -0.05) is 30.3 Å². The van der Waals surface area contributed by atoms with Gasteiger partial charge in [0.2, 0.25) is 5.91 Å². The van der Waals surface area contributed by atoms with E-state index in [-0.39, 0.29) is 36.4 Å². The maximum Gasteiger partial charge on any atom is 0.241 e. The van der Waals surface area contributed by atoms with Gasteiger partial charge >= 0.3 is 0 Å². The van der Waals surface area contributed by atoms with E-state index >= 15 is 0 Å². The van der Waals surface area contributed by atoms with Crippen molar-refractivity contribution in [2.75, 3.05) is 59.7 Å². The van der Waals surface area contributed by atoms with Gasteiger partial charge in [-0.05, 0) is 25.3 Å². The second-order valence-electron chi connectivity index (χ2n) is 6.92. The Kier molecular flexibility index (Phi) is 13.7. The van der Waals surface area contributed by atoms with Gasteiger partial charge in [0.1, 0.15) is 6.54 Å². The number of amides is 1. The van der Waals surface area contributed by atoms with Crippen LogP contribution in [-0.4, -0.2) is 76.4 Å². The molecular weight excluding hydrogens is 483 g/mol. The molecule has 0 aromatic heterocycles. The van der Waals surface area contributed by atoms with E-state index in [0.29, 0.717) is 25.7 Å². The quantitative estimate of drug-likeness (QED) is 0.203. The summed E-state index contributed by atoms with van der Waals surface area (Å²) in [4.78, 5) is 18.9. The minimum atomic E-state index is -0.0509. The number of guanidine groups is 1. The summed E-state index contributed by atoms with van der Waals surface area (Å²) >= 11 is 0. The van der Waals surface area contributed by atoms with Crippen LogP contribution in [0.25, 0.3) is 0 Å². The third-order valence-corrected chi connectivity index (χ3v) is 4.66. The standard InChI is InChI=1S/C21H34N4O3.HI/c1-3-22-21(25-12-10-19(16-25)17-28-14-13-27-2)24-15-20(26)23-11-9-18-7-5-4-6-8-18;/h4-8,19H,3,9-17H2,1-2H3,(H,22,24)(H,23,26);1H. The number of methoxy groups -OCH3 is 1. The summed E-state index contributed by atoms with van der Waals surface area (Å²) in [6.07, 6.45) is 1.90. The van der Waals surface area contributed by atoms with Crippen molar-refractivity contribution in [3.05, 3.63) is 35.9 Å². The molecule has 0 saturated carbocycles. The summed E-state index contributed by atoms with van der Waals surface area (Å²) in [5, 5.41) is 6.24. The van der Waals surface area contributed by atoms with Gasteiger partial charge in [0.15, 0.2) is 5.96 Å². The lowest BCUT2D eigenvalue weighted by Gasteiger charge is -2.21. The first-order chi connectivity index (χ1) is 13.7. The first kappa shape index (κ1) is 25.6. The Balaban J connectivity index is 0.00000420. The van der Waals surface area contributed by atoms with Crippen LogP contribution in [0.2, 0.25) is 0 Å². The van der Waals surface area contributed by atoms with E-state index in [1.54, 1.807) is 7.11 Å². The fraction of sp³-hybridized carbons (Fsp3) is 0.619. The molecule has 1 aromatic carbocycles. The molecule has 1 amide bonds. The summed E-state index contributed by atoms with van der Waals surface area (Å²) < 4.78 is 10.7. The summed E-state index contributed by atoms with van der Waals surface area (Å²) in [6, 6.07) is 10.1. The van der Waals surface area contributed by atoms with Gasteiger partial charge in [0.25, 0.3) is 0 Å². The molecule has 7 nitrogen and oxygen atoms in total. The Morgan fingerprint density at radius 1 is 1.24 bits per heavy atom. The summed E-state index contributed by atoms with van der Waals surface area (Å²) in [5.41, 5.74) is 1.22. The molecular formula is C21H35IN4O3. The van der Waals surface area contributed by atoms with E-state index < -0.39 is 0 Å².